The summed E-state index contributed by atoms with van der Waals surface area (Å²) in [6, 6.07) is 3.61. The first kappa shape index (κ1) is 18.9. The topological polar surface area (TPSA) is 29.5 Å². The summed E-state index contributed by atoms with van der Waals surface area (Å²) < 4.78 is 6.65. The molecule has 19 heavy (non-hydrogen) atoms. The molecule has 0 aromatic heterocycles. The average molecular weight is 287 g/mol. The fourth-order valence-corrected chi connectivity index (χ4v) is 5.62. The Labute approximate surface area is 121 Å². The third-order valence-electron chi connectivity index (χ3n) is 4.29. The van der Waals surface area contributed by atoms with Gasteiger partial charge in [-0.2, -0.15) is 0 Å². The molecule has 0 heterocycles. The Kier molecular flexibility index (Phi) is 9.67. The van der Waals surface area contributed by atoms with E-state index in [4.69, 9.17) is 9.53 Å². The second-order valence-corrected chi connectivity index (χ2v) is 10.4. The van der Waals surface area contributed by atoms with Crippen molar-refractivity contribution < 1.29 is 9.53 Å². The molecule has 0 spiro atoms. The first-order chi connectivity index (χ1) is 8.98. The van der Waals surface area contributed by atoms with Crippen LogP contribution in [0.5, 0.6) is 0 Å². The molecule has 3 heteroatoms. The van der Waals surface area contributed by atoms with Gasteiger partial charge in [-0.3, -0.25) is 0 Å². The van der Waals surface area contributed by atoms with Crippen molar-refractivity contribution in [1.82, 2.24) is 0 Å². The van der Waals surface area contributed by atoms with E-state index in [0.29, 0.717) is 12.0 Å². The Bertz CT molecular complexity index is 251. The van der Waals surface area contributed by atoms with Crippen molar-refractivity contribution in [2.24, 2.45) is 5.92 Å². The molecule has 0 aromatic carbocycles. The van der Waals surface area contributed by atoms with Crippen molar-refractivity contribution in [3.63, 3.8) is 0 Å². The van der Waals surface area contributed by atoms with E-state index in [1.807, 2.05) is 6.92 Å². The highest BCUT2D eigenvalue weighted by atomic mass is 28.4. The van der Waals surface area contributed by atoms with E-state index in [1.165, 1.54) is 18.1 Å². The highest BCUT2D eigenvalue weighted by molar-refractivity contribution is 6.73. The van der Waals surface area contributed by atoms with E-state index >= 15 is 0 Å². The van der Waals surface area contributed by atoms with E-state index in [1.54, 1.807) is 0 Å². The number of hydrogen-bond acceptors (Lipinski definition) is 2. The summed E-state index contributed by atoms with van der Waals surface area (Å²) in [5.41, 5.74) is 1.05. The van der Waals surface area contributed by atoms with Crippen LogP contribution in [-0.4, -0.2) is 26.1 Å². The van der Waals surface area contributed by atoms with Gasteiger partial charge in [0.15, 0.2) is 8.32 Å². The normalized spacial score (nSPS) is 16.5. The van der Waals surface area contributed by atoms with E-state index in [-0.39, 0.29) is 6.61 Å². The fourth-order valence-electron chi connectivity index (χ4n) is 2.64. The molecule has 0 saturated heterocycles. The van der Waals surface area contributed by atoms with Gasteiger partial charge >= 0.3 is 0 Å². The highest BCUT2D eigenvalue weighted by Crippen LogP contribution is 2.28. The Morgan fingerprint density at radius 2 is 1.68 bits per heavy atom. The first-order valence-corrected chi connectivity index (χ1v) is 10.5. The molecule has 0 aliphatic heterocycles. The van der Waals surface area contributed by atoms with Crippen LogP contribution in [0.25, 0.3) is 0 Å². The van der Waals surface area contributed by atoms with Crippen molar-refractivity contribution in [1.29, 1.82) is 0 Å². The molecule has 0 amide bonds. The minimum atomic E-state index is -1.53. The van der Waals surface area contributed by atoms with Crippen molar-refractivity contribution in [3.05, 3.63) is 11.6 Å². The molecular weight excluding hydrogens is 252 g/mol. The number of aliphatic hydroxyl groups excluding tert-OH is 1. The maximum Gasteiger partial charge on any atom is 0.192 e. The van der Waals surface area contributed by atoms with Crippen LogP contribution >= 0.6 is 0 Å². The van der Waals surface area contributed by atoms with Crippen LogP contribution < -0.4 is 0 Å². The van der Waals surface area contributed by atoms with Crippen LogP contribution in [0.15, 0.2) is 11.6 Å². The van der Waals surface area contributed by atoms with Gasteiger partial charge < -0.3 is 9.53 Å². The molecule has 1 N–H and O–H groups in total. The van der Waals surface area contributed by atoms with Gasteiger partial charge in [0, 0.05) is 0 Å². The lowest BCUT2D eigenvalue weighted by molar-refractivity contribution is 0.139. The molecule has 0 aliphatic carbocycles. The van der Waals surface area contributed by atoms with Gasteiger partial charge in [-0.1, -0.05) is 52.7 Å². The number of rotatable bonds is 10. The summed E-state index contributed by atoms with van der Waals surface area (Å²) in [4.78, 5) is 0. The van der Waals surface area contributed by atoms with Crippen LogP contribution in [0.2, 0.25) is 18.1 Å². The largest absolute Gasteiger partial charge is 0.413 e. The third kappa shape index (κ3) is 6.24. The Hall–Kier alpha value is -0.123. The minimum Gasteiger partial charge on any atom is -0.413 e. The van der Waals surface area contributed by atoms with Crippen LogP contribution in [-0.2, 0) is 4.43 Å². The fraction of sp³-hybridized carbons (Fsp3) is 0.875. The van der Waals surface area contributed by atoms with Crippen molar-refractivity contribution in [3.8, 4) is 0 Å². The predicted molar refractivity (Wildman–Crippen MR) is 87.0 cm³/mol. The van der Waals surface area contributed by atoms with Gasteiger partial charge in [-0.05, 0) is 37.4 Å². The molecule has 2 atom stereocenters. The molecule has 0 rings (SSSR count). The Morgan fingerprint density at radius 3 is 2.05 bits per heavy atom. The minimum absolute atomic E-state index is 0.154. The lowest BCUT2D eigenvalue weighted by atomic mass is 9.98. The summed E-state index contributed by atoms with van der Waals surface area (Å²) in [5, 5.41) is 9.17. The quantitative estimate of drug-likeness (QED) is 0.464. The predicted octanol–water partition coefficient (Wildman–Crippen LogP) is 4.75. The van der Waals surface area contributed by atoms with Crippen LogP contribution in [0.1, 0.15) is 54.4 Å². The molecule has 0 bridgehead atoms. The van der Waals surface area contributed by atoms with E-state index in [9.17, 15) is 0 Å². The average Bonchev–Trinajstić information content (AvgIpc) is 2.43. The van der Waals surface area contributed by atoms with Crippen LogP contribution in [0.3, 0.4) is 0 Å². The summed E-state index contributed by atoms with van der Waals surface area (Å²) in [7, 11) is -1.53. The summed E-state index contributed by atoms with van der Waals surface area (Å²) >= 11 is 0. The molecule has 0 saturated carbocycles. The number of aliphatic hydroxyl groups is 1. The Morgan fingerprint density at radius 1 is 1.16 bits per heavy atom. The second kappa shape index (κ2) is 9.73. The molecule has 0 fully saturated rings. The maximum atomic E-state index is 9.17. The number of hydrogen-bond donors (Lipinski definition) is 1. The van der Waals surface area contributed by atoms with Gasteiger partial charge in [0.1, 0.15) is 0 Å². The zero-order valence-electron chi connectivity index (χ0n) is 13.8. The highest BCUT2D eigenvalue weighted by Gasteiger charge is 2.33. The molecular formula is C16H34O2Si. The van der Waals surface area contributed by atoms with Gasteiger partial charge in [0.2, 0.25) is 0 Å². The molecule has 0 aliphatic rings. The smallest absolute Gasteiger partial charge is 0.192 e. The standard InChI is InChI=1S/C16H34O2Si/c1-7-11-16(15(6)12-14(5)13-17)18-19(8-2,9-3)10-4/h12,15-17H,7-11,13H2,1-6H3/b14-12-/t15-,16-/m1/s1. The maximum absolute atomic E-state index is 9.17. The monoisotopic (exact) mass is 286 g/mol. The van der Waals surface area contributed by atoms with Crippen LogP contribution in [0.4, 0.5) is 0 Å². The van der Waals surface area contributed by atoms with Gasteiger partial charge in [-0.15, -0.1) is 0 Å². The lowest BCUT2D eigenvalue weighted by Crippen LogP contribution is -2.41. The van der Waals surface area contributed by atoms with Crippen molar-refractivity contribution >= 4 is 8.32 Å². The zero-order chi connectivity index (χ0) is 14.9. The molecule has 2 nitrogen and oxygen atoms in total. The molecule has 0 aromatic rings. The summed E-state index contributed by atoms with van der Waals surface area (Å²) in [5.74, 6) is 0.392. The van der Waals surface area contributed by atoms with Crippen molar-refractivity contribution in [2.75, 3.05) is 6.61 Å². The Balaban J connectivity index is 4.90. The SMILES string of the molecule is CCC[C@@H](O[Si](CC)(CC)CC)[C@H](C)/C=C(/C)CO. The van der Waals surface area contributed by atoms with Gasteiger partial charge in [-0.25, -0.2) is 0 Å². The molecule has 0 radical (unpaired) electrons. The van der Waals surface area contributed by atoms with E-state index in [0.717, 1.165) is 18.4 Å². The first-order valence-electron chi connectivity index (χ1n) is 7.94. The van der Waals surface area contributed by atoms with E-state index in [2.05, 4.69) is 40.7 Å². The third-order valence-corrected chi connectivity index (χ3v) is 8.96. The van der Waals surface area contributed by atoms with Crippen LogP contribution in [0, 0.1) is 5.92 Å². The zero-order valence-corrected chi connectivity index (χ0v) is 14.8. The van der Waals surface area contributed by atoms with E-state index < -0.39 is 8.32 Å². The van der Waals surface area contributed by atoms with Gasteiger partial charge in [0.05, 0.1) is 12.7 Å². The summed E-state index contributed by atoms with van der Waals surface area (Å²) in [6.07, 6.45) is 4.77. The second-order valence-electron chi connectivity index (χ2n) is 5.72. The molecule has 0 unspecified atom stereocenters. The molecule has 114 valence electrons. The summed E-state index contributed by atoms with van der Waals surface area (Å²) in [6.45, 7) is 13.4. The van der Waals surface area contributed by atoms with Crippen molar-refractivity contribution in [2.45, 2.75) is 78.6 Å². The lowest BCUT2D eigenvalue weighted by Gasteiger charge is -2.35. The van der Waals surface area contributed by atoms with Gasteiger partial charge in [0.25, 0.3) is 0 Å².